The minimum atomic E-state index is -3.78. The van der Waals surface area contributed by atoms with Crippen LogP contribution in [-0.2, 0) is 16.6 Å². The van der Waals surface area contributed by atoms with Crippen LogP contribution in [0.1, 0.15) is 12.0 Å². The lowest BCUT2D eigenvalue weighted by molar-refractivity contribution is 0.297. The zero-order chi connectivity index (χ0) is 18.7. The van der Waals surface area contributed by atoms with Gasteiger partial charge in [-0.25, -0.2) is 8.42 Å². The molecule has 2 heterocycles. The predicted molar refractivity (Wildman–Crippen MR) is 101 cm³/mol. The van der Waals surface area contributed by atoms with E-state index in [1.165, 1.54) is 12.1 Å². The largest absolute Gasteiger partial charge is 0.490 e. The van der Waals surface area contributed by atoms with Crippen LogP contribution in [0.3, 0.4) is 0 Å². The van der Waals surface area contributed by atoms with Crippen molar-refractivity contribution in [3.8, 4) is 11.5 Å². The maximum absolute atomic E-state index is 12.9. The highest BCUT2D eigenvalue weighted by molar-refractivity contribution is 7.92. The van der Waals surface area contributed by atoms with Gasteiger partial charge in [-0.3, -0.25) is 9.40 Å². The lowest BCUT2D eigenvalue weighted by atomic mass is 10.2. The van der Waals surface area contributed by atoms with Crippen LogP contribution >= 0.6 is 0 Å². The molecule has 27 heavy (non-hydrogen) atoms. The lowest BCUT2D eigenvalue weighted by Crippen LogP contribution is -2.15. The van der Waals surface area contributed by atoms with Crippen molar-refractivity contribution in [1.29, 1.82) is 0 Å². The van der Waals surface area contributed by atoms with Gasteiger partial charge in [0.1, 0.15) is 0 Å². The summed E-state index contributed by atoms with van der Waals surface area (Å²) in [4.78, 5) is 0.126. The summed E-state index contributed by atoms with van der Waals surface area (Å²) in [5.74, 6) is 1.01. The number of benzene rings is 2. The minimum absolute atomic E-state index is 0.126. The Morgan fingerprint density at radius 3 is 2.67 bits per heavy atom. The van der Waals surface area contributed by atoms with Crippen LogP contribution in [0.5, 0.6) is 11.5 Å². The quantitative estimate of drug-likeness (QED) is 0.730. The number of ether oxygens (including phenoxy) is 2. The first-order chi connectivity index (χ1) is 13.1. The van der Waals surface area contributed by atoms with Crippen LogP contribution in [0, 0.1) is 0 Å². The molecule has 7 nitrogen and oxygen atoms in total. The lowest BCUT2D eigenvalue weighted by Gasteiger charge is -2.14. The molecule has 0 fully saturated rings. The molecule has 3 aromatic rings. The molecule has 0 atom stereocenters. The van der Waals surface area contributed by atoms with E-state index in [-0.39, 0.29) is 4.90 Å². The molecule has 1 aliphatic rings. The number of anilines is 1. The molecule has 2 aromatic carbocycles. The summed E-state index contributed by atoms with van der Waals surface area (Å²) in [5.41, 5.74) is 1.33. The summed E-state index contributed by atoms with van der Waals surface area (Å²) < 4.78 is 41.4. The zero-order valence-corrected chi connectivity index (χ0v) is 15.4. The van der Waals surface area contributed by atoms with Crippen molar-refractivity contribution in [1.82, 2.24) is 9.78 Å². The van der Waals surface area contributed by atoms with Crippen LogP contribution in [0.2, 0.25) is 0 Å². The molecule has 0 saturated heterocycles. The first-order valence-electron chi connectivity index (χ1n) is 8.60. The molecule has 8 heteroatoms. The number of para-hydroxylation sites is 1. The van der Waals surface area contributed by atoms with E-state index in [4.69, 9.17) is 9.47 Å². The average Bonchev–Trinajstić information content (AvgIpc) is 3.05. The van der Waals surface area contributed by atoms with E-state index in [1.54, 1.807) is 29.1 Å². The highest BCUT2D eigenvalue weighted by atomic mass is 32.2. The summed E-state index contributed by atoms with van der Waals surface area (Å²) in [6.45, 7) is 1.52. The third-order valence-electron chi connectivity index (χ3n) is 4.18. The zero-order valence-electron chi connectivity index (χ0n) is 14.5. The number of rotatable bonds is 5. The number of fused-ring (bicyclic) bond motifs is 1. The molecule has 140 valence electrons. The highest BCUT2D eigenvalue weighted by Gasteiger charge is 2.20. The maximum Gasteiger partial charge on any atom is 0.262 e. The molecule has 1 N–H and O–H groups in total. The van der Waals surface area contributed by atoms with Gasteiger partial charge >= 0.3 is 0 Å². The molecule has 1 aromatic heterocycles. The molecule has 0 bridgehead atoms. The van der Waals surface area contributed by atoms with Gasteiger partial charge in [-0.15, -0.1) is 0 Å². The van der Waals surface area contributed by atoms with Gasteiger partial charge in [0.25, 0.3) is 10.0 Å². The standard InChI is InChI=1S/C19H19N3O4S/c23-27(24,16-7-8-18-19(13-16)26-12-4-11-25-18)21-17-6-2-1-5-15(17)14-22-10-3-9-20-22/h1-3,5-10,13,21H,4,11-12,14H2. The Morgan fingerprint density at radius 2 is 1.85 bits per heavy atom. The minimum Gasteiger partial charge on any atom is -0.490 e. The first kappa shape index (κ1) is 17.4. The van der Waals surface area contributed by atoms with Gasteiger partial charge in [0, 0.05) is 24.9 Å². The van der Waals surface area contributed by atoms with Gasteiger partial charge in [0.05, 0.1) is 30.3 Å². The van der Waals surface area contributed by atoms with Crippen LogP contribution in [-0.4, -0.2) is 31.4 Å². The van der Waals surface area contributed by atoms with Crippen molar-refractivity contribution >= 4 is 15.7 Å². The van der Waals surface area contributed by atoms with Gasteiger partial charge in [0.15, 0.2) is 11.5 Å². The second-order valence-electron chi connectivity index (χ2n) is 6.13. The summed E-state index contributed by atoms with van der Waals surface area (Å²) in [7, 11) is -3.78. The van der Waals surface area contributed by atoms with E-state index < -0.39 is 10.0 Å². The van der Waals surface area contributed by atoms with Gasteiger partial charge in [-0.2, -0.15) is 5.10 Å². The van der Waals surface area contributed by atoms with Crippen molar-refractivity contribution in [2.75, 3.05) is 17.9 Å². The highest BCUT2D eigenvalue weighted by Crippen LogP contribution is 2.32. The van der Waals surface area contributed by atoms with Crippen molar-refractivity contribution in [3.05, 3.63) is 66.5 Å². The summed E-state index contributed by atoms with van der Waals surface area (Å²) >= 11 is 0. The molecule has 0 amide bonds. The molecule has 0 spiro atoms. The van der Waals surface area contributed by atoms with E-state index in [9.17, 15) is 8.42 Å². The van der Waals surface area contributed by atoms with Gasteiger partial charge in [0.2, 0.25) is 0 Å². The summed E-state index contributed by atoms with van der Waals surface area (Å²) in [5, 5.41) is 4.17. The van der Waals surface area contributed by atoms with E-state index in [0.29, 0.717) is 36.9 Å². The van der Waals surface area contributed by atoms with Crippen molar-refractivity contribution in [2.45, 2.75) is 17.9 Å². The fourth-order valence-corrected chi connectivity index (χ4v) is 3.96. The van der Waals surface area contributed by atoms with E-state index in [0.717, 1.165) is 12.0 Å². The topological polar surface area (TPSA) is 82.5 Å². The van der Waals surface area contributed by atoms with Crippen LogP contribution in [0.25, 0.3) is 0 Å². The van der Waals surface area contributed by atoms with E-state index >= 15 is 0 Å². The first-order valence-corrected chi connectivity index (χ1v) is 10.1. The number of nitrogens with zero attached hydrogens (tertiary/aromatic N) is 2. The third-order valence-corrected chi connectivity index (χ3v) is 5.55. The number of hydrogen-bond acceptors (Lipinski definition) is 5. The Hall–Kier alpha value is -3.00. The Labute approximate surface area is 157 Å². The van der Waals surface area contributed by atoms with Crippen LogP contribution in [0.4, 0.5) is 5.69 Å². The number of sulfonamides is 1. The second-order valence-corrected chi connectivity index (χ2v) is 7.81. The molecule has 4 rings (SSSR count). The molecule has 0 radical (unpaired) electrons. The normalized spacial score (nSPS) is 13.8. The Morgan fingerprint density at radius 1 is 1.04 bits per heavy atom. The molecule has 0 saturated carbocycles. The summed E-state index contributed by atoms with van der Waals surface area (Å²) in [6, 6.07) is 13.7. The number of nitrogens with one attached hydrogen (secondary N) is 1. The van der Waals surface area contributed by atoms with Crippen molar-refractivity contribution in [2.24, 2.45) is 0 Å². The average molecular weight is 385 g/mol. The molecular formula is C19H19N3O4S. The third kappa shape index (κ3) is 3.90. The van der Waals surface area contributed by atoms with Crippen LogP contribution < -0.4 is 14.2 Å². The number of aromatic nitrogens is 2. The van der Waals surface area contributed by atoms with Gasteiger partial charge in [-0.05, 0) is 29.8 Å². The maximum atomic E-state index is 12.9. The number of hydrogen-bond donors (Lipinski definition) is 1. The Bertz CT molecular complexity index is 1030. The molecule has 0 aliphatic carbocycles. The van der Waals surface area contributed by atoms with Crippen molar-refractivity contribution in [3.63, 3.8) is 0 Å². The Balaban J connectivity index is 1.62. The van der Waals surface area contributed by atoms with Gasteiger partial charge < -0.3 is 9.47 Å². The molecule has 1 aliphatic heterocycles. The Kier molecular flexibility index (Phi) is 4.72. The fraction of sp³-hybridized carbons (Fsp3) is 0.211. The summed E-state index contributed by atoms with van der Waals surface area (Å²) in [6.07, 6.45) is 4.27. The SMILES string of the molecule is O=S(=O)(Nc1ccccc1Cn1cccn1)c1ccc2c(c1)OCCCO2. The smallest absolute Gasteiger partial charge is 0.262 e. The monoisotopic (exact) mass is 385 g/mol. The van der Waals surface area contributed by atoms with E-state index in [1.807, 2.05) is 24.4 Å². The molecular weight excluding hydrogens is 366 g/mol. The second kappa shape index (κ2) is 7.32. The van der Waals surface area contributed by atoms with E-state index in [2.05, 4.69) is 9.82 Å². The van der Waals surface area contributed by atoms with Crippen molar-refractivity contribution < 1.29 is 17.9 Å². The fourth-order valence-electron chi connectivity index (χ4n) is 2.84. The molecule has 0 unspecified atom stereocenters. The predicted octanol–water partition coefficient (Wildman–Crippen LogP) is 2.89. The van der Waals surface area contributed by atoms with Crippen LogP contribution in [0.15, 0.2) is 65.8 Å². The van der Waals surface area contributed by atoms with Gasteiger partial charge in [-0.1, -0.05) is 18.2 Å².